The first-order chi connectivity index (χ1) is 12.2. The average Bonchev–Trinajstić information content (AvgIpc) is 2.63. The molecule has 128 valence electrons. The highest BCUT2D eigenvalue weighted by molar-refractivity contribution is 5.78. The maximum atomic E-state index is 12.6. The molecule has 5 nitrogen and oxygen atoms in total. The third-order valence-electron chi connectivity index (χ3n) is 4.64. The molecule has 2 aliphatic rings. The summed E-state index contributed by atoms with van der Waals surface area (Å²) in [7, 11) is 0. The van der Waals surface area contributed by atoms with Crippen molar-refractivity contribution in [3.05, 3.63) is 77.9 Å². The Morgan fingerprint density at radius 3 is 2.60 bits per heavy atom. The number of hydrogen-bond donors (Lipinski definition) is 1. The number of carbonyl (C=O) groups is 1. The zero-order valence-corrected chi connectivity index (χ0v) is 13.8. The third kappa shape index (κ3) is 3.29. The molecule has 2 aromatic rings. The summed E-state index contributed by atoms with van der Waals surface area (Å²) in [5.41, 5.74) is 2.05. The van der Waals surface area contributed by atoms with Crippen LogP contribution in [0.25, 0.3) is 0 Å². The van der Waals surface area contributed by atoms with Gasteiger partial charge in [-0.2, -0.15) is 0 Å². The van der Waals surface area contributed by atoms with E-state index < -0.39 is 0 Å². The second-order valence-corrected chi connectivity index (χ2v) is 6.38. The predicted molar refractivity (Wildman–Crippen MR) is 93.4 cm³/mol. The molecule has 1 amide bonds. The fraction of sp³-hybridized carbons (Fsp3) is 0.250. The number of hydrogen-bond acceptors (Lipinski definition) is 4. The first kappa shape index (κ1) is 15.9. The highest BCUT2D eigenvalue weighted by Gasteiger charge is 2.39. The number of carbonyl (C=O) groups excluding carboxylic acids is 1. The summed E-state index contributed by atoms with van der Waals surface area (Å²) in [6.07, 6.45) is 4.20. The van der Waals surface area contributed by atoms with Crippen molar-refractivity contribution in [2.24, 2.45) is 0 Å². The fourth-order valence-corrected chi connectivity index (χ4v) is 3.41. The number of hydroxylamine groups is 2. The maximum absolute atomic E-state index is 12.6. The van der Waals surface area contributed by atoms with Crippen LogP contribution in [-0.4, -0.2) is 40.3 Å². The first-order valence-corrected chi connectivity index (χ1v) is 8.41. The lowest BCUT2D eigenvalue weighted by Crippen LogP contribution is -2.55. The van der Waals surface area contributed by atoms with E-state index in [0.717, 1.165) is 12.1 Å². The number of benzene rings is 2. The maximum Gasteiger partial charge on any atom is 0.251 e. The van der Waals surface area contributed by atoms with Crippen molar-refractivity contribution in [3.8, 4) is 5.75 Å². The van der Waals surface area contributed by atoms with Crippen LogP contribution in [0.2, 0.25) is 0 Å². The molecule has 2 bridgehead atoms. The fourth-order valence-electron chi connectivity index (χ4n) is 3.41. The summed E-state index contributed by atoms with van der Waals surface area (Å²) in [5.74, 6) is 0.115. The number of rotatable bonds is 3. The van der Waals surface area contributed by atoms with Crippen LogP contribution >= 0.6 is 0 Å². The number of fused-ring (bicyclic) bond motifs is 2. The molecule has 5 heteroatoms. The van der Waals surface area contributed by atoms with Crippen molar-refractivity contribution in [3.63, 3.8) is 0 Å². The van der Waals surface area contributed by atoms with E-state index in [1.165, 1.54) is 10.6 Å². The van der Waals surface area contributed by atoms with Crippen LogP contribution in [0.15, 0.2) is 66.7 Å². The van der Waals surface area contributed by atoms with E-state index >= 15 is 0 Å². The van der Waals surface area contributed by atoms with E-state index in [1.54, 1.807) is 24.3 Å². The van der Waals surface area contributed by atoms with Crippen molar-refractivity contribution in [1.82, 2.24) is 9.96 Å². The second kappa shape index (κ2) is 6.70. The molecule has 0 aromatic heterocycles. The third-order valence-corrected chi connectivity index (χ3v) is 4.64. The second-order valence-electron chi connectivity index (χ2n) is 6.38. The standard InChI is InChI=1S/C20H20N2O3/c23-17-10-8-15(9-11-17)13-19(24)22-14-21-12-4-7-18(25-22)20(21)16-5-2-1-3-6-16/h1-11,18,20,23H,12-14H2/t18-,20+/m0/s1. The molecule has 0 saturated carbocycles. The lowest BCUT2D eigenvalue weighted by molar-refractivity contribution is -0.254. The van der Waals surface area contributed by atoms with Gasteiger partial charge in [0.2, 0.25) is 0 Å². The van der Waals surface area contributed by atoms with Gasteiger partial charge in [-0.1, -0.05) is 54.6 Å². The van der Waals surface area contributed by atoms with Crippen LogP contribution < -0.4 is 0 Å². The van der Waals surface area contributed by atoms with Gasteiger partial charge in [-0.15, -0.1) is 0 Å². The molecule has 1 unspecified atom stereocenters. The van der Waals surface area contributed by atoms with Crippen LogP contribution in [0.1, 0.15) is 17.2 Å². The molecule has 0 aliphatic carbocycles. The average molecular weight is 336 g/mol. The lowest BCUT2D eigenvalue weighted by atomic mass is 9.96. The van der Waals surface area contributed by atoms with E-state index in [9.17, 15) is 9.90 Å². The van der Waals surface area contributed by atoms with E-state index in [-0.39, 0.29) is 30.2 Å². The Bertz CT molecular complexity index is 773. The van der Waals surface area contributed by atoms with Crippen molar-refractivity contribution in [2.75, 3.05) is 13.2 Å². The minimum absolute atomic E-state index is 0.0810. The van der Waals surface area contributed by atoms with Crippen molar-refractivity contribution in [2.45, 2.75) is 18.6 Å². The van der Waals surface area contributed by atoms with Gasteiger partial charge in [-0.05, 0) is 23.3 Å². The number of amides is 1. The highest BCUT2D eigenvalue weighted by atomic mass is 16.7. The number of phenols is 1. The van der Waals surface area contributed by atoms with Gasteiger partial charge >= 0.3 is 0 Å². The van der Waals surface area contributed by atoms with Gasteiger partial charge in [-0.25, -0.2) is 5.06 Å². The van der Waals surface area contributed by atoms with Gasteiger partial charge in [0.15, 0.2) is 0 Å². The molecular formula is C20H20N2O3. The summed E-state index contributed by atoms with van der Waals surface area (Å²) in [4.78, 5) is 20.9. The Hall–Kier alpha value is -2.63. The summed E-state index contributed by atoms with van der Waals surface area (Å²) in [5, 5.41) is 10.8. The topological polar surface area (TPSA) is 53.0 Å². The number of nitrogens with zero attached hydrogens (tertiary/aromatic N) is 2. The van der Waals surface area contributed by atoms with E-state index in [4.69, 9.17) is 4.84 Å². The molecule has 1 saturated heterocycles. The summed E-state index contributed by atoms with van der Waals surface area (Å²) < 4.78 is 0. The smallest absolute Gasteiger partial charge is 0.251 e. The Labute approximate surface area is 146 Å². The SMILES string of the molecule is O=C(Cc1ccc(O)cc1)N1CN2CC=C[C@H](O1)[C@H]2c1ccccc1. The zero-order chi connectivity index (χ0) is 17.2. The minimum atomic E-state index is -0.173. The molecule has 3 atom stereocenters. The molecular weight excluding hydrogens is 316 g/mol. The van der Waals surface area contributed by atoms with Crippen LogP contribution in [0.5, 0.6) is 5.75 Å². The first-order valence-electron chi connectivity index (χ1n) is 8.41. The van der Waals surface area contributed by atoms with Gasteiger partial charge < -0.3 is 5.11 Å². The van der Waals surface area contributed by atoms with Crippen LogP contribution in [-0.2, 0) is 16.1 Å². The molecule has 2 aromatic carbocycles. The van der Waals surface area contributed by atoms with Crippen LogP contribution in [0.4, 0.5) is 0 Å². The summed E-state index contributed by atoms with van der Waals surface area (Å²) in [6, 6.07) is 17.1. The van der Waals surface area contributed by atoms with Gasteiger partial charge in [0.1, 0.15) is 18.5 Å². The predicted octanol–water partition coefficient (Wildman–Crippen LogP) is 2.65. The van der Waals surface area contributed by atoms with Crippen LogP contribution in [0.3, 0.4) is 0 Å². The quantitative estimate of drug-likeness (QED) is 0.876. The largest absolute Gasteiger partial charge is 0.508 e. The molecule has 0 radical (unpaired) electrons. The monoisotopic (exact) mass is 336 g/mol. The molecule has 25 heavy (non-hydrogen) atoms. The molecule has 1 fully saturated rings. The Kier molecular flexibility index (Phi) is 4.26. The lowest BCUT2D eigenvalue weighted by Gasteiger charge is -2.46. The van der Waals surface area contributed by atoms with Crippen molar-refractivity contribution in [1.29, 1.82) is 0 Å². The van der Waals surface area contributed by atoms with Crippen LogP contribution in [0, 0.1) is 0 Å². The Morgan fingerprint density at radius 1 is 1.12 bits per heavy atom. The molecule has 1 N–H and O–H groups in total. The van der Waals surface area contributed by atoms with E-state index in [1.807, 2.05) is 24.3 Å². The van der Waals surface area contributed by atoms with E-state index in [2.05, 4.69) is 23.1 Å². The van der Waals surface area contributed by atoms with Crippen molar-refractivity contribution < 1.29 is 14.7 Å². The Balaban J connectivity index is 1.49. The molecule has 0 spiro atoms. The van der Waals surface area contributed by atoms with Crippen molar-refractivity contribution >= 4 is 5.91 Å². The van der Waals surface area contributed by atoms with Gasteiger partial charge in [-0.3, -0.25) is 14.5 Å². The molecule has 4 rings (SSSR count). The normalized spacial score (nSPS) is 25.0. The number of aromatic hydroxyl groups is 1. The van der Waals surface area contributed by atoms with E-state index in [0.29, 0.717) is 6.67 Å². The Morgan fingerprint density at radius 2 is 1.88 bits per heavy atom. The summed E-state index contributed by atoms with van der Waals surface area (Å²) in [6.45, 7) is 1.24. The van der Waals surface area contributed by atoms with Gasteiger partial charge in [0, 0.05) is 6.54 Å². The molecule has 2 heterocycles. The summed E-state index contributed by atoms with van der Waals surface area (Å²) >= 11 is 0. The number of phenolic OH excluding ortho intramolecular Hbond substituents is 1. The van der Waals surface area contributed by atoms with Gasteiger partial charge in [0.05, 0.1) is 12.5 Å². The molecule has 2 aliphatic heterocycles. The highest BCUT2D eigenvalue weighted by Crippen LogP contribution is 2.34. The van der Waals surface area contributed by atoms with Gasteiger partial charge in [0.25, 0.3) is 5.91 Å². The zero-order valence-electron chi connectivity index (χ0n) is 13.8. The minimum Gasteiger partial charge on any atom is -0.508 e.